The number of likely N-dealkylation sites (tertiary alicyclic amines) is 2. The van der Waals surface area contributed by atoms with Crippen LogP contribution in [0.5, 0.6) is 0 Å². The van der Waals surface area contributed by atoms with Crippen molar-refractivity contribution >= 4 is 35.5 Å². The summed E-state index contributed by atoms with van der Waals surface area (Å²) in [5.41, 5.74) is 7.14. The maximum absolute atomic E-state index is 13.2. The lowest BCUT2D eigenvalue weighted by Crippen LogP contribution is -2.57. The number of thioether (sulfide) groups is 1. The Morgan fingerprint density at radius 3 is 2.29 bits per heavy atom. The van der Waals surface area contributed by atoms with Gasteiger partial charge in [0.15, 0.2) is 0 Å². The summed E-state index contributed by atoms with van der Waals surface area (Å²) in [5.74, 6) is -1.43. The van der Waals surface area contributed by atoms with Crippen molar-refractivity contribution in [3.63, 3.8) is 0 Å². The van der Waals surface area contributed by atoms with Crippen molar-refractivity contribution in [3.8, 4) is 0 Å². The van der Waals surface area contributed by atoms with E-state index in [1.807, 2.05) is 36.6 Å². The molecular weight excluding hydrogens is 456 g/mol. The molecule has 4 N–H and O–H groups in total. The summed E-state index contributed by atoms with van der Waals surface area (Å²) in [4.78, 5) is 53.9. The first-order valence-electron chi connectivity index (χ1n) is 11.8. The lowest BCUT2D eigenvalue weighted by Gasteiger charge is -2.30. The number of hydrogen-bond acceptors (Lipinski definition) is 6. The molecule has 2 fully saturated rings. The molecule has 0 saturated carbocycles. The maximum atomic E-state index is 13.2. The highest BCUT2D eigenvalue weighted by molar-refractivity contribution is 7.98. The van der Waals surface area contributed by atoms with Crippen LogP contribution in [0, 0.1) is 0 Å². The van der Waals surface area contributed by atoms with E-state index in [1.165, 1.54) is 9.80 Å². The second-order valence-electron chi connectivity index (χ2n) is 8.86. The molecule has 4 unspecified atom stereocenters. The topological polar surface area (TPSA) is 133 Å². The van der Waals surface area contributed by atoms with Crippen LogP contribution in [0.25, 0.3) is 0 Å². The van der Waals surface area contributed by atoms with E-state index in [-0.39, 0.29) is 17.7 Å². The lowest BCUT2D eigenvalue weighted by molar-refractivity contribution is -0.149. The fraction of sp³-hybridized carbons (Fsp3) is 0.583. The van der Waals surface area contributed by atoms with Gasteiger partial charge in [-0.05, 0) is 56.1 Å². The first-order chi connectivity index (χ1) is 16.3. The smallest absolute Gasteiger partial charge is 0.326 e. The Balaban J connectivity index is 1.67. The van der Waals surface area contributed by atoms with Gasteiger partial charge in [0.2, 0.25) is 17.7 Å². The van der Waals surface area contributed by atoms with Gasteiger partial charge in [-0.25, -0.2) is 4.79 Å². The van der Waals surface area contributed by atoms with E-state index < -0.39 is 30.1 Å². The Morgan fingerprint density at radius 2 is 1.68 bits per heavy atom. The van der Waals surface area contributed by atoms with E-state index in [4.69, 9.17) is 5.73 Å². The molecule has 34 heavy (non-hydrogen) atoms. The third-order valence-electron chi connectivity index (χ3n) is 6.50. The van der Waals surface area contributed by atoms with Crippen LogP contribution in [0.1, 0.15) is 37.7 Å². The van der Waals surface area contributed by atoms with E-state index in [9.17, 15) is 24.3 Å². The first kappa shape index (κ1) is 26.0. The van der Waals surface area contributed by atoms with Gasteiger partial charge in [-0.2, -0.15) is 11.8 Å². The molecule has 2 saturated heterocycles. The standard InChI is InChI=1S/C24H34N4O5S/c1-34-14-11-18(23(31)28-13-6-10-20(28)24(32)33)26-21(29)19-9-5-12-27(19)22(30)17(25)15-16-7-3-2-4-8-16/h2-4,7-8,17-20H,5-6,9-15,25H2,1H3,(H,26,29)(H,32,33). The number of carboxylic acid groups (broad SMARTS) is 1. The fourth-order valence-electron chi connectivity index (χ4n) is 4.72. The van der Waals surface area contributed by atoms with Crippen molar-refractivity contribution in [2.24, 2.45) is 5.73 Å². The number of nitrogens with two attached hydrogens (primary N) is 1. The van der Waals surface area contributed by atoms with Crippen LogP contribution in [0.4, 0.5) is 0 Å². The number of rotatable bonds is 10. The van der Waals surface area contributed by atoms with Crippen molar-refractivity contribution < 1.29 is 24.3 Å². The van der Waals surface area contributed by atoms with Crippen molar-refractivity contribution in [1.29, 1.82) is 0 Å². The van der Waals surface area contributed by atoms with Gasteiger partial charge in [0.25, 0.3) is 0 Å². The molecule has 2 aliphatic heterocycles. The van der Waals surface area contributed by atoms with Crippen LogP contribution in [0.2, 0.25) is 0 Å². The molecular formula is C24H34N4O5S. The van der Waals surface area contributed by atoms with Crippen LogP contribution in [0.3, 0.4) is 0 Å². The van der Waals surface area contributed by atoms with Gasteiger partial charge in [-0.3, -0.25) is 14.4 Å². The van der Waals surface area contributed by atoms with E-state index in [0.29, 0.717) is 57.4 Å². The van der Waals surface area contributed by atoms with E-state index >= 15 is 0 Å². The van der Waals surface area contributed by atoms with Crippen LogP contribution in [-0.4, -0.2) is 87.9 Å². The average molecular weight is 491 g/mol. The molecule has 10 heteroatoms. The molecule has 3 amide bonds. The number of nitrogens with one attached hydrogen (secondary N) is 1. The molecule has 3 rings (SSSR count). The molecule has 4 atom stereocenters. The molecule has 2 heterocycles. The molecule has 1 aromatic rings. The highest BCUT2D eigenvalue weighted by atomic mass is 32.2. The molecule has 0 aromatic heterocycles. The Bertz CT molecular complexity index is 883. The van der Waals surface area contributed by atoms with Crippen molar-refractivity contribution in [2.45, 2.75) is 62.7 Å². The minimum atomic E-state index is -1.03. The SMILES string of the molecule is CSCCC(NC(=O)C1CCCN1C(=O)C(N)Cc1ccccc1)C(=O)N1CCCC1C(=O)O. The number of benzene rings is 1. The molecule has 2 aliphatic rings. The normalized spacial score (nSPS) is 21.8. The van der Waals surface area contributed by atoms with Gasteiger partial charge < -0.3 is 26.0 Å². The summed E-state index contributed by atoms with van der Waals surface area (Å²) in [6, 6.07) is 6.36. The largest absolute Gasteiger partial charge is 0.480 e. The molecule has 0 radical (unpaired) electrons. The Morgan fingerprint density at radius 1 is 1.06 bits per heavy atom. The van der Waals surface area contributed by atoms with Gasteiger partial charge in [0.05, 0.1) is 6.04 Å². The number of nitrogens with zero attached hydrogens (tertiary/aromatic N) is 2. The van der Waals surface area contributed by atoms with Gasteiger partial charge in [-0.15, -0.1) is 0 Å². The van der Waals surface area contributed by atoms with Gasteiger partial charge in [0.1, 0.15) is 18.1 Å². The van der Waals surface area contributed by atoms with Crippen molar-refractivity contribution in [2.75, 3.05) is 25.1 Å². The summed E-state index contributed by atoms with van der Waals surface area (Å²) in [6.07, 6.45) is 4.89. The van der Waals surface area contributed by atoms with E-state index in [1.54, 1.807) is 11.8 Å². The lowest BCUT2D eigenvalue weighted by atomic mass is 10.0. The molecule has 0 aliphatic carbocycles. The Labute approximate surface area is 204 Å². The Kier molecular flexibility index (Phi) is 9.35. The maximum Gasteiger partial charge on any atom is 0.326 e. The summed E-state index contributed by atoms with van der Waals surface area (Å²) in [6.45, 7) is 0.805. The number of aliphatic carboxylic acids is 1. The minimum absolute atomic E-state index is 0.279. The van der Waals surface area contributed by atoms with Crippen LogP contribution < -0.4 is 11.1 Å². The zero-order valence-corrected chi connectivity index (χ0v) is 20.3. The number of carboxylic acids is 1. The second kappa shape index (κ2) is 12.2. The quantitative estimate of drug-likeness (QED) is 0.443. The monoisotopic (exact) mass is 490 g/mol. The van der Waals surface area contributed by atoms with E-state index in [0.717, 1.165) is 5.56 Å². The molecule has 9 nitrogen and oxygen atoms in total. The summed E-state index contributed by atoms with van der Waals surface area (Å²) >= 11 is 1.55. The predicted octanol–water partition coefficient (Wildman–Crippen LogP) is 0.861. The zero-order valence-electron chi connectivity index (χ0n) is 19.5. The highest BCUT2D eigenvalue weighted by Crippen LogP contribution is 2.22. The predicted molar refractivity (Wildman–Crippen MR) is 130 cm³/mol. The second-order valence-corrected chi connectivity index (χ2v) is 9.84. The van der Waals surface area contributed by atoms with Crippen molar-refractivity contribution in [1.82, 2.24) is 15.1 Å². The molecule has 186 valence electrons. The van der Waals surface area contributed by atoms with Gasteiger partial charge >= 0.3 is 5.97 Å². The van der Waals surface area contributed by atoms with Crippen LogP contribution in [-0.2, 0) is 25.6 Å². The first-order valence-corrected chi connectivity index (χ1v) is 13.2. The third kappa shape index (κ3) is 6.29. The zero-order chi connectivity index (χ0) is 24.7. The Hall–Kier alpha value is -2.59. The average Bonchev–Trinajstić information content (AvgIpc) is 3.51. The minimum Gasteiger partial charge on any atom is -0.480 e. The molecule has 0 spiro atoms. The van der Waals surface area contributed by atoms with Crippen LogP contribution >= 0.6 is 11.8 Å². The summed E-state index contributed by atoms with van der Waals surface area (Å²) < 4.78 is 0. The molecule has 0 bridgehead atoms. The summed E-state index contributed by atoms with van der Waals surface area (Å²) in [7, 11) is 0. The highest BCUT2D eigenvalue weighted by Gasteiger charge is 2.40. The number of carbonyl (C=O) groups excluding carboxylic acids is 3. The summed E-state index contributed by atoms with van der Waals surface area (Å²) in [5, 5.41) is 12.3. The number of amides is 3. The van der Waals surface area contributed by atoms with Crippen molar-refractivity contribution in [3.05, 3.63) is 35.9 Å². The fourth-order valence-corrected chi connectivity index (χ4v) is 5.19. The van der Waals surface area contributed by atoms with E-state index in [2.05, 4.69) is 5.32 Å². The van der Waals surface area contributed by atoms with Gasteiger partial charge in [0, 0.05) is 13.1 Å². The third-order valence-corrected chi connectivity index (χ3v) is 7.14. The molecule has 1 aromatic carbocycles. The van der Waals surface area contributed by atoms with Crippen LogP contribution in [0.15, 0.2) is 30.3 Å². The number of hydrogen-bond donors (Lipinski definition) is 3. The van der Waals surface area contributed by atoms with Gasteiger partial charge in [-0.1, -0.05) is 30.3 Å². The number of carbonyl (C=O) groups is 4.